The standard InChI is InChI=1S/C15H18N4O2/c1-9-5-6-10(2)11(8-9)16-15(21)18-14-17-13(20)12-4-3-7-19(12)14/h5-6,8,12H,3-4,7H2,1-2H3,(H2,16,17,18,20,21). The molecular formula is C15H18N4O2. The number of rotatable bonds is 1. The second-order valence-electron chi connectivity index (χ2n) is 5.52. The first kappa shape index (κ1) is 13.6. The number of nitrogens with one attached hydrogen (secondary N) is 2. The Morgan fingerprint density at radius 1 is 1.43 bits per heavy atom. The van der Waals surface area contributed by atoms with Crippen LogP contribution < -0.4 is 10.6 Å². The Hall–Kier alpha value is -2.37. The zero-order valence-electron chi connectivity index (χ0n) is 12.1. The summed E-state index contributed by atoms with van der Waals surface area (Å²) in [5, 5.41) is 5.44. The number of carbonyl (C=O) groups excluding carboxylic acids is 2. The molecule has 21 heavy (non-hydrogen) atoms. The van der Waals surface area contributed by atoms with Crippen LogP contribution in [0.5, 0.6) is 0 Å². The number of aliphatic imine (C=N–C) groups is 1. The summed E-state index contributed by atoms with van der Waals surface area (Å²) >= 11 is 0. The van der Waals surface area contributed by atoms with E-state index in [0.29, 0.717) is 5.96 Å². The first-order valence-corrected chi connectivity index (χ1v) is 7.09. The van der Waals surface area contributed by atoms with Crippen molar-refractivity contribution in [2.24, 2.45) is 4.99 Å². The molecule has 6 heteroatoms. The Bertz CT molecular complexity index is 639. The van der Waals surface area contributed by atoms with Crippen molar-refractivity contribution in [3.05, 3.63) is 29.3 Å². The molecule has 0 spiro atoms. The van der Waals surface area contributed by atoms with Gasteiger partial charge in [0.15, 0.2) is 0 Å². The van der Waals surface area contributed by atoms with E-state index in [9.17, 15) is 9.59 Å². The van der Waals surface area contributed by atoms with E-state index < -0.39 is 6.03 Å². The summed E-state index contributed by atoms with van der Waals surface area (Å²) in [4.78, 5) is 29.7. The first-order chi connectivity index (χ1) is 10.0. The number of amides is 3. The van der Waals surface area contributed by atoms with Gasteiger partial charge in [-0.15, -0.1) is 0 Å². The molecule has 0 aliphatic carbocycles. The quantitative estimate of drug-likeness (QED) is 0.826. The van der Waals surface area contributed by atoms with Gasteiger partial charge in [-0.1, -0.05) is 12.1 Å². The van der Waals surface area contributed by atoms with Gasteiger partial charge in [0, 0.05) is 12.2 Å². The highest BCUT2D eigenvalue weighted by atomic mass is 16.2. The van der Waals surface area contributed by atoms with Crippen LogP contribution >= 0.6 is 0 Å². The minimum atomic E-state index is -0.466. The SMILES string of the molecule is Cc1ccc(C)c(NC(=O)N=C2NC(=O)C3CCCN23)c1. The molecule has 2 heterocycles. The third-order valence-electron chi connectivity index (χ3n) is 3.90. The summed E-state index contributed by atoms with van der Waals surface area (Å²) in [6, 6.07) is 5.22. The molecule has 1 unspecified atom stereocenters. The first-order valence-electron chi connectivity index (χ1n) is 7.09. The molecule has 0 aromatic heterocycles. The Morgan fingerprint density at radius 2 is 2.24 bits per heavy atom. The molecule has 0 bridgehead atoms. The van der Waals surface area contributed by atoms with Gasteiger partial charge in [-0.05, 0) is 43.9 Å². The van der Waals surface area contributed by atoms with Gasteiger partial charge in [-0.3, -0.25) is 10.1 Å². The number of aryl methyl sites for hydroxylation is 2. The Morgan fingerprint density at radius 3 is 3.05 bits per heavy atom. The molecule has 2 aliphatic heterocycles. The number of carbonyl (C=O) groups is 2. The van der Waals surface area contributed by atoms with Crippen molar-refractivity contribution in [2.75, 3.05) is 11.9 Å². The van der Waals surface area contributed by atoms with E-state index in [1.54, 1.807) is 0 Å². The molecule has 3 amide bonds. The lowest BCUT2D eigenvalue weighted by molar-refractivity contribution is -0.120. The number of benzene rings is 1. The molecule has 6 nitrogen and oxygen atoms in total. The van der Waals surface area contributed by atoms with E-state index in [1.807, 2.05) is 36.9 Å². The lowest BCUT2D eigenvalue weighted by Crippen LogP contribution is -2.32. The van der Waals surface area contributed by atoms with Crippen LogP contribution in [-0.4, -0.2) is 35.4 Å². The Balaban J connectivity index is 1.76. The molecule has 2 saturated heterocycles. The number of fused-ring (bicyclic) bond motifs is 1. The van der Waals surface area contributed by atoms with Crippen LogP contribution in [0.1, 0.15) is 24.0 Å². The van der Waals surface area contributed by atoms with Gasteiger partial charge in [-0.25, -0.2) is 4.79 Å². The maximum Gasteiger partial charge on any atom is 0.348 e. The fourth-order valence-electron chi connectivity index (χ4n) is 2.76. The van der Waals surface area contributed by atoms with Gasteiger partial charge in [0.1, 0.15) is 6.04 Å². The molecule has 1 aromatic rings. The Labute approximate surface area is 123 Å². The smallest absolute Gasteiger partial charge is 0.330 e. The molecule has 2 aliphatic rings. The van der Waals surface area contributed by atoms with Crippen LogP contribution in [0, 0.1) is 13.8 Å². The number of hydrogen-bond donors (Lipinski definition) is 2. The van der Waals surface area contributed by atoms with Crippen molar-refractivity contribution in [1.82, 2.24) is 10.2 Å². The third-order valence-corrected chi connectivity index (χ3v) is 3.90. The number of anilines is 1. The zero-order valence-corrected chi connectivity index (χ0v) is 12.1. The van der Waals surface area contributed by atoms with Gasteiger partial charge >= 0.3 is 6.03 Å². The maximum absolute atomic E-state index is 12.1. The molecule has 3 rings (SSSR count). The normalized spacial score (nSPS) is 22.4. The van der Waals surface area contributed by atoms with Crippen LogP contribution in [0.15, 0.2) is 23.2 Å². The van der Waals surface area contributed by atoms with Crippen LogP contribution in [0.2, 0.25) is 0 Å². The highest BCUT2D eigenvalue weighted by molar-refractivity contribution is 6.11. The zero-order chi connectivity index (χ0) is 15.0. The topological polar surface area (TPSA) is 73.8 Å². The molecule has 1 aromatic carbocycles. The van der Waals surface area contributed by atoms with Gasteiger partial charge < -0.3 is 10.2 Å². The molecule has 0 radical (unpaired) electrons. The molecule has 0 saturated carbocycles. The second-order valence-corrected chi connectivity index (χ2v) is 5.52. The molecule has 2 N–H and O–H groups in total. The summed E-state index contributed by atoms with van der Waals surface area (Å²) in [6.07, 6.45) is 1.78. The highest BCUT2D eigenvalue weighted by Gasteiger charge is 2.40. The minimum absolute atomic E-state index is 0.0641. The average Bonchev–Trinajstić information content (AvgIpc) is 3.00. The second kappa shape index (κ2) is 5.20. The molecular weight excluding hydrogens is 268 g/mol. The average molecular weight is 286 g/mol. The van der Waals surface area contributed by atoms with E-state index in [2.05, 4.69) is 15.6 Å². The summed E-state index contributed by atoms with van der Waals surface area (Å²) in [7, 11) is 0. The van der Waals surface area contributed by atoms with Crippen molar-refractivity contribution in [3.8, 4) is 0 Å². The van der Waals surface area contributed by atoms with Crippen molar-refractivity contribution in [2.45, 2.75) is 32.7 Å². The van der Waals surface area contributed by atoms with Crippen LogP contribution in [-0.2, 0) is 4.79 Å². The van der Waals surface area contributed by atoms with E-state index in [1.165, 1.54) is 0 Å². The third kappa shape index (κ3) is 2.61. The summed E-state index contributed by atoms with van der Waals surface area (Å²) in [5.74, 6) is 0.302. The summed E-state index contributed by atoms with van der Waals surface area (Å²) in [6.45, 7) is 4.65. The molecule has 1 atom stereocenters. The maximum atomic E-state index is 12.1. The van der Waals surface area contributed by atoms with Crippen LogP contribution in [0.25, 0.3) is 0 Å². The predicted octanol–water partition coefficient (Wildman–Crippen LogP) is 1.79. The fourth-order valence-corrected chi connectivity index (χ4v) is 2.76. The van der Waals surface area contributed by atoms with Crippen molar-refractivity contribution < 1.29 is 9.59 Å². The monoisotopic (exact) mass is 286 g/mol. The lowest BCUT2D eigenvalue weighted by atomic mass is 10.1. The van der Waals surface area contributed by atoms with Crippen LogP contribution in [0.3, 0.4) is 0 Å². The van der Waals surface area contributed by atoms with E-state index in [-0.39, 0.29) is 11.9 Å². The van der Waals surface area contributed by atoms with Crippen molar-refractivity contribution >= 4 is 23.6 Å². The van der Waals surface area contributed by atoms with Crippen LogP contribution in [0.4, 0.5) is 10.5 Å². The minimum Gasteiger partial charge on any atom is -0.330 e. The molecule has 2 fully saturated rings. The van der Waals surface area contributed by atoms with E-state index >= 15 is 0 Å². The lowest BCUT2D eigenvalue weighted by Gasteiger charge is -2.14. The van der Waals surface area contributed by atoms with Crippen molar-refractivity contribution in [3.63, 3.8) is 0 Å². The van der Waals surface area contributed by atoms with Gasteiger partial charge in [0.05, 0.1) is 0 Å². The van der Waals surface area contributed by atoms with Gasteiger partial charge in [0.25, 0.3) is 0 Å². The van der Waals surface area contributed by atoms with Gasteiger partial charge in [-0.2, -0.15) is 4.99 Å². The number of hydrogen-bond acceptors (Lipinski definition) is 2. The fraction of sp³-hybridized carbons (Fsp3) is 0.400. The number of nitrogens with zero attached hydrogens (tertiary/aromatic N) is 2. The summed E-state index contributed by atoms with van der Waals surface area (Å²) in [5.41, 5.74) is 2.78. The largest absolute Gasteiger partial charge is 0.348 e. The highest BCUT2D eigenvalue weighted by Crippen LogP contribution is 2.22. The van der Waals surface area contributed by atoms with E-state index in [4.69, 9.17) is 0 Å². The number of guanidine groups is 1. The van der Waals surface area contributed by atoms with E-state index in [0.717, 1.165) is 36.2 Å². The molecule has 110 valence electrons. The Kier molecular flexibility index (Phi) is 3.37. The number of urea groups is 1. The summed E-state index contributed by atoms with van der Waals surface area (Å²) < 4.78 is 0. The van der Waals surface area contributed by atoms with Crippen molar-refractivity contribution in [1.29, 1.82) is 0 Å². The predicted molar refractivity (Wildman–Crippen MR) is 80.2 cm³/mol. The van der Waals surface area contributed by atoms with Gasteiger partial charge in [0.2, 0.25) is 11.9 Å².